The van der Waals surface area contributed by atoms with Crippen LogP contribution in [-0.4, -0.2) is 23.6 Å². The first-order chi connectivity index (χ1) is 11.1. The molecule has 0 radical (unpaired) electrons. The molecular formula is C17H18Cl2N2O2. The third-order valence-corrected chi connectivity index (χ3v) is 5.12. The number of nitrogens with one attached hydrogen (secondary N) is 1. The van der Waals surface area contributed by atoms with Gasteiger partial charge in [-0.1, -0.05) is 48.2 Å². The van der Waals surface area contributed by atoms with Crippen LogP contribution in [0.4, 0.5) is 0 Å². The van der Waals surface area contributed by atoms with E-state index in [1.165, 1.54) is 7.11 Å². The number of hydrogen-bond acceptors (Lipinski definition) is 4. The average molecular weight is 353 g/mol. The highest BCUT2D eigenvalue weighted by Gasteiger charge is 2.41. The van der Waals surface area contributed by atoms with Gasteiger partial charge in [-0.15, -0.1) is 0 Å². The van der Waals surface area contributed by atoms with Crippen molar-refractivity contribution in [1.29, 1.82) is 0 Å². The lowest BCUT2D eigenvalue weighted by atomic mass is 9.97. The molecule has 23 heavy (non-hydrogen) atoms. The van der Waals surface area contributed by atoms with Gasteiger partial charge in [0, 0.05) is 23.5 Å². The highest BCUT2D eigenvalue weighted by atomic mass is 35.5. The zero-order valence-corrected chi connectivity index (χ0v) is 14.4. The van der Waals surface area contributed by atoms with Gasteiger partial charge in [-0.2, -0.15) is 0 Å². The zero-order valence-electron chi connectivity index (χ0n) is 12.9. The van der Waals surface area contributed by atoms with E-state index in [2.05, 4.69) is 10.3 Å². The fraction of sp³-hybridized carbons (Fsp3) is 0.412. The number of rotatable bonds is 4. The number of halogens is 2. The van der Waals surface area contributed by atoms with Gasteiger partial charge in [-0.25, -0.2) is 4.98 Å². The average Bonchev–Trinajstić information content (AvgIpc) is 3.06. The maximum Gasteiger partial charge on any atom is 0.326 e. The Balaban J connectivity index is 1.84. The number of pyridine rings is 1. The van der Waals surface area contributed by atoms with Crippen LogP contribution in [0.3, 0.4) is 0 Å². The Morgan fingerprint density at radius 3 is 2.74 bits per heavy atom. The van der Waals surface area contributed by atoms with Crippen molar-refractivity contribution >= 4 is 39.9 Å². The molecule has 1 N–H and O–H groups in total. The summed E-state index contributed by atoms with van der Waals surface area (Å²) in [7, 11) is 1.44. The number of nitrogens with zero attached hydrogens (tertiary/aromatic N) is 1. The van der Waals surface area contributed by atoms with Gasteiger partial charge in [-0.05, 0) is 24.5 Å². The maximum absolute atomic E-state index is 12.1. The fourth-order valence-electron chi connectivity index (χ4n) is 3.23. The fourth-order valence-corrected chi connectivity index (χ4v) is 3.65. The number of benzene rings is 1. The summed E-state index contributed by atoms with van der Waals surface area (Å²) >= 11 is 12.3. The predicted molar refractivity (Wildman–Crippen MR) is 91.8 cm³/mol. The molecule has 2 aromatic rings. The van der Waals surface area contributed by atoms with E-state index in [4.69, 9.17) is 27.9 Å². The third kappa shape index (κ3) is 3.16. The summed E-state index contributed by atoms with van der Waals surface area (Å²) in [6, 6.07) is 5.88. The van der Waals surface area contributed by atoms with Crippen molar-refractivity contribution in [2.45, 2.75) is 37.8 Å². The third-order valence-electron chi connectivity index (χ3n) is 4.52. The zero-order chi connectivity index (χ0) is 16.4. The molecule has 0 atom stereocenters. The lowest BCUT2D eigenvalue weighted by molar-refractivity contribution is -0.148. The minimum Gasteiger partial charge on any atom is -0.468 e. The second-order valence-electron chi connectivity index (χ2n) is 5.91. The molecule has 1 saturated carbocycles. The van der Waals surface area contributed by atoms with Gasteiger partial charge in [0.15, 0.2) is 0 Å². The van der Waals surface area contributed by atoms with Crippen molar-refractivity contribution in [3.8, 4) is 0 Å². The molecule has 4 nitrogen and oxygen atoms in total. The molecule has 0 aliphatic heterocycles. The van der Waals surface area contributed by atoms with E-state index < -0.39 is 5.54 Å². The molecule has 122 valence electrons. The summed E-state index contributed by atoms with van der Waals surface area (Å²) in [6.45, 7) is 0.563. The molecule has 1 aliphatic carbocycles. The SMILES string of the molecule is COC(=O)C1(NCc2ccc3c(Cl)cnc(Cl)c3c2)CCCC1. The van der Waals surface area contributed by atoms with E-state index in [1.807, 2.05) is 18.2 Å². The summed E-state index contributed by atoms with van der Waals surface area (Å²) in [5, 5.41) is 6.08. The molecule has 6 heteroatoms. The Kier molecular flexibility index (Phi) is 4.76. The second-order valence-corrected chi connectivity index (χ2v) is 6.68. The normalized spacial score (nSPS) is 16.7. The lowest BCUT2D eigenvalue weighted by Gasteiger charge is -2.27. The summed E-state index contributed by atoms with van der Waals surface area (Å²) in [5.74, 6) is -0.182. The Labute approximate surface area is 145 Å². The van der Waals surface area contributed by atoms with Crippen LogP contribution in [-0.2, 0) is 16.1 Å². The Morgan fingerprint density at radius 2 is 2.04 bits per heavy atom. The van der Waals surface area contributed by atoms with Crippen LogP contribution >= 0.6 is 23.2 Å². The summed E-state index contributed by atoms with van der Waals surface area (Å²) in [5.41, 5.74) is 0.457. The first-order valence-electron chi connectivity index (χ1n) is 7.62. The molecule has 0 saturated heterocycles. The van der Waals surface area contributed by atoms with Gasteiger partial charge in [0.1, 0.15) is 10.7 Å². The van der Waals surface area contributed by atoms with E-state index in [-0.39, 0.29) is 5.97 Å². The van der Waals surface area contributed by atoms with Crippen molar-refractivity contribution in [2.75, 3.05) is 7.11 Å². The predicted octanol–water partition coefficient (Wildman–Crippen LogP) is 4.12. The van der Waals surface area contributed by atoms with Crippen LogP contribution < -0.4 is 5.32 Å². The molecule has 0 amide bonds. The monoisotopic (exact) mass is 352 g/mol. The largest absolute Gasteiger partial charge is 0.468 e. The van der Waals surface area contributed by atoms with E-state index >= 15 is 0 Å². The number of aromatic nitrogens is 1. The van der Waals surface area contributed by atoms with Crippen LogP contribution in [0, 0.1) is 0 Å². The number of carbonyl (C=O) groups is 1. The summed E-state index contributed by atoms with van der Waals surface area (Å²) in [4.78, 5) is 16.2. The van der Waals surface area contributed by atoms with Gasteiger partial charge in [0.25, 0.3) is 0 Å². The molecule has 3 rings (SSSR count). The Bertz CT molecular complexity index is 743. The first kappa shape index (κ1) is 16.5. The lowest BCUT2D eigenvalue weighted by Crippen LogP contribution is -2.50. The van der Waals surface area contributed by atoms with Crippen molar-refractivity contribution in [2.24, 2.45) is 0 Å². The number of esters is 1. The number of hydrogen-bond donors (Lipinski definition) is 1. The smallest absolute Gasteiger partial charge is 0.326 e. The van der Waals surface area contributed by atoms with Gasteiger partial charge in [0.2, 0.25) is 0 Å². The van der Waals surface area contributed by atoms with E-state index in [1.54, 1.807) is 6.20 Å². The van der Waals surface area contributed by atoms with E-state index in [9.17, 15) is 4.79 Å². The first-order valence-corrected chi connectivity index (χ1v) is 8.37. The van der Waals surface area contributed by atoms with Crippen LogP contribution in [0.5, 0.6) is 0 Å². The molecule has 0 spiro atoms. The molecule has 0 bridgehead atoms. The molecule has 0 unspecified atom stereocenters. The van der Waals surface area contributed by atoms with Gasteiger partial charge in [-0.3, -0.25) is 10.1 Å². The number of ether oxygens (including phenoxy) is 1. The highest BCUT2D eigenvalue weighted by Crippen LogP contribution is 2.32. The van der Waals surface area contributed by atoms with Crippen molar-refractivity contribution in [3.63, 3.8) is 0 Å². The molecular weight excluding hydrogens is 335 g/mol. The maximum atomic E-state index is 12.1. The van der Waals surface area contributed by atoms with E-state index in [0.29, 0.717) is 16.7 Å². The Morgan fingerprint density at radius 1 is 1.30 bits per heavy atom. The van der Waals surface area contributed by atoms with Crippen LogP contribution in [0.1, 0.15) is 31.2 Å². The number of carbonyl (C=O) groups excluding carboxylic acids is 1. The molecule has 1 aliphatic rings. The van der Waals surface area contributed by atoms with Crippen molar-refractivity contribution in [3.05, 3.63) is 40.1 Å². The van der Waals surface area contributed by atoms with Crippen LogP contribution in [0.15, 0.2) is 24.4 Å². The molecule has 1 aromatic carbocycles. The van der Waals surface area contributed by atoms with Gasteiger partial charge >= 0.3 is 5.97 Å². The minimum absolute atomic E-state index is 0.182. The van der Waals surface area contributed by atoms with Crippen molar-refractivity contribution in [1.82, 2.24) is 10.3 Å². The quantitative estimate of drug-likeness (QED) is 0.664. The van der Waals surface area contributed by atoms with Crippen molar-refractivity contribution < 1.29 is 9.53 Å². The standard InChI is InChI=1S/C17H18Cl2N2O2/c1-23-16(22)17(6-2-3-7-17)21-9-11-4-5-12-13(8-11)15(19)20-10-14(12)18/h4-5,8,10,21H,2-3,6-7,9H2,1H3. The van der Waals surface area contributed by atoms with Gasteiger partial charge in [0.05, 0.1) is 12.1 Å². The molecule has 1 fully saturated rings. The van der Waals surface area contributed by atoms with Gasteiger partial charge < -0.3 is 4.74 Å². The highest BCUT2D eigenvalue weighted by molar-refractivity contribution is 6.39. The second kappa shape index (κ2) is 6.63. The van der Waals surface area contributed by atoms with Crippen LogP contribution in [0.25, 0.3) is 10.8 Å². The molecule has 1 heterocycles. The summed E-state index contributed by atoms with van der Waals surface area (Å²) < 4.78 is 4.98. The van der Waals surface area contributed by atoms with E-state index in [0.717, 1.165) is 42.0 Å². The van der Waals surface area contributed by atoms with Crippen LogP contribution in [0.2, 0.25) is 10.2 Å². The molecule has 1 aromatic heterocycles. The number of fused-ring (bicyclic) bond motifs is 1. The Hall–Kier alpha value is -1.36. The topological polar surface area (TPSA) is 51.2 Å². The number of methoxy groups -OCH3 is 1. The summed E-state index contributed by atoms with van der Waals surface area (Å²) in [6.07, 6.45) is 5.23. The minimum atomic E-state index is -0.569.